The Morgan fingerprint density at radius 3 is 2.42 bits per heavy atom. The first-order valence-electron chi connectivity index (χ1n) is 4.65. The lowest BCUT2D eigenvalue weighted by atomic mass is 10.0. The van der Waals surface area contributed by atoms with Gasteiger partial charge in [-0.1, -0.05) is 13.8 Å². The van der Waals surface area contributed by atoms with Gasteiger partial charge >= 0.3 is 0 Å². The van der Waals surface area contributed by atoms with Crippen LogP contribution in [0.5, 0.6) is 0 Å². The zero-order chi connectivity index (χ0) is 9.14. The molecular weight excluding hydrogens is 164 g/mol. The fourth-order valence-corrected chi connectivity index (χ4v) is 2.35. The van der Waals surface area contributed by atoms with Crippen LogP contribution in [0.2, 0.25) is 0 Å². The van der Waals surface area contributed by atoms with E-state index in [-0.39, 0.29) is 0 Å². The summed E-state index contributed by atoms with van der Waals surface area (Å²) in [6.45, 7) is 8.99. The van der Waals surface area contributed by atoms with Gasteiger partial charge in [-0.2, -0.15) is 0 Å². The number of aryl methyl sites for hydroxylation is 3. The Kier molecular flexibility index (Phi) is 3.33. The molecule has 1 heterocycles. The smallest absolute Gasteiger partial charge is 0.00490 e. The Balaban J connectivity index is 2.57. The van der Waals surface area contributed by atoms with Crippen LogP contribution in [0.4, 0.5) is 0 Å². The molecule has 1 rings (SSSR count). The van der Waals surface area contributed by atoms with Gasteiger partial charge in [0.2, 0.25) is 0 Å². The summed E-state index contributed by atoms with van der Waals surface area (Å²) in [5.74, 6) is 0.824. The number of thiophene rings is 1. The molecular formula is C11H18S. The van der Waals surface area contributed by atoms with Crippen molar-refractivity contribution in [3.8, 4) is 0 Å². The van der Waals surface area contributed by atoms with Crippen LogP contribution in [0.3, 0.4) is 0 Å². The van der Waals surface area contributed by atoms with Crippen molar-refractivity contribution in [3.63, 3.8) is 0 Å². The highest BCUT2D eigenvalue weighted by atomic mass is 32.1. The van der Waals surface area contributed by atoms with E-state index in [0.717, 1.165) is 5.92 Å². The predicted molar refractivity (Wildman–Crippen MR) is 57.0 cm³/mol. The minimum atomic E-state index is 0.824. The van der Waals surface area contributed by atoms with E-state index in [4.69, 9.17) is 0 Å². The van der Waals surface area contributed by atoms with Crippen LogP contribution in [0.15, 0.2) is 6.07 Å². The quantitative estimate of drug-likeness (QED) is 0.664. The van der Waals surface area contributed by atoms with Gasteiger partial charge in [-0.05, 0) is 44.2 Å². The van der Waals surface area contributed by atoms with Gasteiger partial charge < -0.3 is 0 Å². The van der Waals surface area contributed by atoms with Crippen molar-refractivity contribution in [2.24, 2.45) is 5.92 Å². The third kappa shape index (κ3) is 2.63. The number of hydrogen-bond donors (Lipinski definition) is 0. The Morgan fingerprint density at radius 2 is 2.00 bits per heavy atom. The largest absolute Gasteiger partial charge is 0.146 e. The lowest BCUT2D eigenvalue weighted by Gasteiger charge is -2.02. The topological polar surface area (TPSA) is 0 Å². The van der Waals surface area contributed by atoms with E-state index in [0.29, 0.717) is 0 Å². The summed E-state index contributed by atoms with van der Waals surface area (Å²) < 4.78 is 0. The van der Waals surface area contributed by atoms with Gasteiger partial charge in [0.15, 0.2) is 0 Å². The minimum Gasteiger partial charge on any atom is -0.146 e. The van der Waals surface area contributed by atoms with E-state index in [1.807, 2.05) is 11.3 Å². The second-order valence-electron chi connectivity index (χ2n) is 3.87. The normalized spacial score (nSPS) is 11.1. The molecule has 0 N–H and O–H groups in total. The summed E-state index contributed by atoms with van der Waals surface area (Å²) in [4.78, 5) is 2.96. The van der Waals surface area contributed by atoms with Crippen molar-refractivity contribution in [1.29, 1.82) is 0 Å². The second kappa shape index (κ2) is 4.08. The molecule has 0 unspecified atom stereocenters. The van der Waals surface area contributed by atoms with Gasteiger partial charge in [0.25, 0.3) is 0 Å². The molecule has 0 aliphatic carbocycles. The third-order valence-corrected chi connectivity index (χ3v) is 3.14. The molecule has 68 valence electrons. The molecule has 0 radical (unpaired) electrons. The van der Waals surface area contributed by atoms with E-state index in [2.05, 4.69) is 33.8 Å². The lowest BCUT2D eigenvalue weighted by Crippen LogP contribution is -1.91. The maximum atomic E-state index is 2.34. The second-order valence-corrected chi connectivity index (χ2v) is 5.33. The summed E-state index contributed by atoms with van der Waals surface area (Å²) in [5, 5.41) is 0. The third-order valence-electron chi connectivity index (χ3n) is 2.13. The van der Waals surface area contributed by atoms with E-state index >= 15 is 0 Å². The van der Waals surface area contributed by atoms with Gasteiger partial charge in [0.1, 0.15) is 0 Å². The zero-order valence-electron chi connectivity index (χ0n) is 8.48. The Morgan fingerprint density at radius 1 is 1.33 bits per heavy atom. The van der Waals surface area contributed by atoms with E-state index in [1.165, 1.54) is 22.6 Å². The molecule has 0 amide bonds. The van der Waals surface area contributed by atoms with E-state index in [1.54, 1.807) is 5.56 Å². The van der Waals surface area contributed by atoms with Crippen molar-refractivity contribution in [2.75, 3.05) is 0 Å². The van der Waals surface area contributed by atoms with Crippen LogP contribution >= 0.6 is 11.3 Å². The first-order valence-corrected chi connectivity index (χ1v) is 5.47. The highest BCUT2D eigenvalue weighted by molar-refractivity contribution is 7.12. The Labute approximate surface area is 79.6 Å². The van der Waals surface area contributed by atoms with Gasteiger partial charge in [-0.3, -0.25) is 0 Å². The molecule has 0 bridgehead atoms. The minimum absolute atomic E-state index is 0.824. The van der Waals surface area contributed by atoms with Crippen molar-refractivity contribution >= 4 is 11.3 Å². The van der Waals surface area contributed by atoms with Crippen molar-refractivity contribution < 1.29 is 0 Å². The SMILES string of the molecule is Cc1cc(CCC(C)C)c(C)s1. The molecule has 12 heavy (non-hydrogen) atoms. The van der Waals surface area contributed by atoms with Gasteiger partial charge in [0.05, 0.1) is 0 Å². The van der Waals surface area contributed by atoms with Crippen LogP contribution in [0, 0.1) is 19.8 Å². The number of rotatable bonds is 3. The average molecular weight is 182 g/mol. The van der Waals surface area contributed by atoms with Gasteiger partial charge in [0, 0.05) is 9.75 Å². The maximum Gasteiger partial charge on any atom is 0.00490 e. The first kappa shape index (κ1) is 9.79. The molecule has 0 aromatic carbocycles. The van der Waals surface area contributed by atoms with Crippen molar-refractivity contribution in [3.05, 3.63) is 21.4 Å². The Hall–Kier alpha value is -0.300. The molecule has 1 aromatic heterocycles. The van der Waals surface area contributed by atoms with Crippen LogP contribution in [-0.2, 0) is 6.42 Å². The summed E-state index contributed by atoms with van der Waals surface area (Å²) in [6.07, 6.45) is 2.57. The van der Waals surface area contributed by atoms with Crippen LogP contribution in [-0.4, -0.2) is 0 Å². The fourth-order valence-electron chi connectivity index (χ4n) is 1.38. The molecule has 1 heteroatoms. The van der Waals surface area contributed by atoms with Crippen LogP contribution in [0.1, 0.15) is 35.6 Å². The predicted octanol–water partition coefficient (Wildman–Crippen LogP) is 3.95. The molecule has 0 aliphatic heterocycles. The van der Waals surface area contributed by atoms with Gasteiger partial charge in [-0.15, -0.1) is 11.3 Å². The molecule has 0 saturated heterocycles. The molecule has 0 nitrogen and oxygen atoms in total. The Bertz CT molecular complexity index is 246. The lowest BCUT2D eigenvalue weighted by molar-refractivity contribution is 0.586. The molecule has 1 aromatic rings. The summed E-state index contributed by atoms with van der Waals surface area (Å²) in [5.41, 5.74) is 1.56. The van der Waals surface area contributed by atoms with Crippen LogP contribution < -0.4 is 0 Å². The van der Waals surface area contributed by atoms with E-state index < -0.39 is 0 Å². The average Bonchev–Trinajstić information content (AvgIpc) is 2.26. The molecule has 0 saturated carbocycles. The highest BCUT2D eigenvalue weighted by Crippen LogP contribution is 2.22. The van der Waals surface area contributed by atoms with Crippen molar-refractivity contribution in [2.45, 2.75) is 40.5 Å². The summed E-state index contributed by atoms with van der Waals surface area (Å²) in [6, 6.07) is 2.34. The first-order chi connectivity index (χ1) is 5.59. The number of hydrogen-bond acceptors (Lipinski definition) is 1. The van der Waals surface area contributed by atoms with Gasteiger partial charge in [-0.25, -0.2) is 0 Å². The monoisotopic (exact) mass is 182 g/mol. The molecule has 0 fully saturated rings. The summed E-state index contributed by atoms with van der Waals surface area (Å²) in [7, 11) is 0. The maximum absolute atomic E-state index is 2.34. The van der Waals surface area contributed by atoms with E-state index in [9.17, 15) is 0 Å². The van der Waals surface area contributed by atoms with Crippen LogP contribution in [0.25, 0.3) is 0 Å². The molecule has 0 spiro atoms. The fraction of sp³-hybridized carbons (Fsp3) is 0.636. The molecule has 0 atom stereocenters. The highest BCUT2D eigenvalue weighted by Gasteiger charge is 2.03. The molecule has 0 aliphatic rings. The standard InChI is InChI=1S/C11H18S/c1-8(2)5-6-11-7-9(3)12-10(11)4/h7-8H,5-6H2,1-4H3. The van der Waals surface area contributed by atoms with Crippen molar-refractivity contribution in [1.82, 2.24) is 0 Å². The zero-order valence-corrected chi connectivity index (χ0v) is 9.29. The summed E-state index contributed by atoms with van der Waals surface area (Å²) >= 11 is 1.92.